The van der Waals surface area contributed by atoms with E-state index in [1.54, 1.807) is 0 Å². The van der Waals surface area contributed by atoms with Gasteiger partial charge in [-0.2, -0.15) is 0 Å². The van der Waals surface area contributed by atoms with Crippen LogP contribution in [-0.4, -0.2) is 13.7 Å². The molecule has 23 rings (SSSR count). The van der Waals surface area contributed by atoms with Gasteiger partial charge in [-0.1, -0.05) is 265 Å². The Balaban J connectivity index is 0.0000000941. The third-order valence-corrected chi connectivity index (χ3v) is 23.2. The van der Waals surface area contributed by atoms with Gasteiger partial charge < -0.3 is 22.5 Å². The fraction of sp³-hybridized carbons (Fsp3) is 0.0680. The molecule has 0 amide bonds. The minimum absolute atomic E-state index is 0.966. The van der Waals surface area contributed by atoms with Crippen LogP contribution in [0.4, 0.5) is 0 Å². The molecule has 23 aromatic rings. The van der Waals surface area contributed by atoms with E-state index >= 15 is 0 Å². The molecule has 16 aromatic carbocycles. The number of hydrogen-bond donors (Lipinski definition) is 0. The van der Waals surface area contributed by atoms with E-state index < -0.39 is 0 Å². The van der Waals surface area contributed by atoms with Crippen LogP contribution in [0.3, 0.4) is 0 Å². The molecule has 0 aliphatic heterocycles. The molecule has 0 bridgehead atoms. The molecule has 0 spiro atoms. The zero-order valence-electron chi connectivity index (χ0n) is 62.6. The van der Waals surface area contributed by atoms with Crippen molar-refractivity contribution in [3.63, 3.8) is 0 Å². The Labute approximate surface area is 647 Å². The van der Waals surface area contributed by atoms with Crippen molar-refractivity contribution in [2.45, 2.75) is 41.5 Å². The van der Waals surface area contributed by atoms with E-state index in [-0.39, 0.29) is 0 Å². The van der Waals surface area contributed by atoms with Crippen molar-refractivity contribution in [3.8, 4) is 11.4 Å². The first-order valence-electron chi connectivity index (χ1n) is 37.5. The number of hydrogen-bond acceptors (Lipinski definition) is 4. The van der Waals surface area contributed by atoms with Crippen LogP contribution in [0, 0.1) is 41.5 Å². The van der Waals surface area contributed by atoms with Gasteiger partial charge in [-0.15, -0.1) is 22.7 Å². The quantitative estimate of drug-likeness (QED) is 0.173. The lowest BCUT2D eigenvalue weighted by Crippen LogP contribution is -1.92. The number of thiophene rings is 2. The molecule has 0 saturated carbocycles. The van der Waals surface area contributed by atoms with E-state index in [1.165, 1.54) is 172 Å². The molecule has 7 heteroatoms. The molecule has 532 valence electrons. The van der Waals surface area contributed by atoms with Gasteiger partial charge in [-0.25, -0.2) is 0 Å². The summed E-state index contributed by atoms with van der Waals surface area (Å²) in [6, 6.07) is 128. The minimum Gasteiger partial charge on any atom is -0.456 e. The molecule has 110 heavy (non-hydrogen) atoms. The smallest absolute Gasteiger partial charge is 0.138 e. The fourth-order valence-electron chi connectivity index (χ4n) is 15.5. The van der Waals surface area contributed by atoms with E-state index in [2.05, 4.69) is 384 Å². The highest BCUT2D eigenvalue weighted by Crippen LogP contribution is 2.39. The predicted octanol–water partition coefficient (Wildman–Crippen LogP) is 30.0. The van der Waals surface area contributed by atoms with Gasteiger partial charge in [0.25, 0.3) is 0 Å². The van der Waals surface area contributed by atoms with Crippen LogP contribution in [0.15, 0.2) is 373 Å². The maximum absolute atomic E-state index is 5.78. The SMILES string of the molecule is Cc1ccc2c(c1)c1ccccc1n2-c1ccccc1.Cc1ccc2c3ccccc3n(-c3ccccc3)c2c1.Cc1ccc2oc3ccccc3c2c1.Cc1ccc2sc3ccccc3c2c1.Cc1cccc2c1oc1ccccc12.Cc1cccc2c1sc1ccccc12.Cn1c2ccccc2c2ccccc21. The molecule has 5 nitrogen and oxygen atoms in total. The number of furan rings is 2. The van der Waals surface area contributed by atoms with Crippen LogP contribution >= 0.6 is 22.7 Å². The summed E-state index contributed by atoms with van der Waals surface area (Å²) in [5.74, 6) is 0. The van der Waals surface area contributed by atoms with Crippen LogP contribution < -0.4 is 0 Å². The number of fused-ring (bicyclic) bond motifs is 21. The van der Waals surface area contributed by atoms with Gasteiger partial charge in [0.1, 0.15) is 22.3 Å². The highest BCUT2D eigenvalue weighted by molar-refractivity contribution is 7.26. The molecule has 0 atom stereocenters. The Morgan fingerprint density at radius 2 is 0.591 bits per heavy atom. The topological polar surface area (TPSA) is 41.1 Å². The van der Waals surface area contributed by atoms with Gasteiger partial charge in [-0.05, 0) is 173 Å². The first-order chi connectivity index (χ1) is 54.0. The van der Waals surface area contributed by atoms with Crippen LogP contribution in [0.5, 0.6) is 0 Å². The Kier molecular flexibility index (Phi) is 19.5. The standard InChI is InChI=1S/2C19H15N.C13H11N.2C13H10O.2C13H10S/c1-14-11-12-19-17(13-14)16-9-5-6-10-18(16)20(19)15-7-3-2-4-8-15;1-14-11-12-17-16-9-5-6-10-18(16)20(19(17)13-14)15-7-3-2-4-8-15;1-14-12-8-4-2-6-10(12)11-7-3-5-9-13(11)14;1-9-5-4-7-11-10-6-2-3-8-12(10)14-13(9)11;1-9-6-7-13-11(8-9)10-4-2-3-5-12(10)14-13;1-9-5-4-7-11-10-6-2-3-8-12(10)14-13(9)11;1-9-6-7-13-11(8-9)10-4-2-3-5-12(10)14-13/h2*2-13H,1H3;2-9H,1H3;4*2-8H,1H3. The van der Waals surface area contributed by atoms with Crippen molar-refractivity contribution in [1.29, 1.82) is 0 Å². The second-order valence-corrected chi connectivity index (χ2v) is 30.4. The van der Waals surface area contributed by atoms with E-state index in [0.717, 1.165) is 22.3 Å². The summed E-state index contributed by atoms with van der Waals surface area (Å²) in [4.78, 5) is 0. The van der Waals surface area contributed by atoms with Crippen LogP contribution in [0.25, 0.3) is 161 Å². The highest BCUT2D eigenvalue weighted by atomic mass is 32.1. The Morgan fingerprint density at radius 3 is 1.21 bits per heavy atom. The van der Waals surface area contributed by atoms with Crippen molar-refractivity contribution in [1.82, 2.24) is 13.7 Å². The largest absolute Gasteiger partial charge is 0.456 e. The van der Waals surface area contributed by atoms with Gasteiger partial charge in [0, 0.05) is 124 Å². The van der Waals surface area contributed by atoms with Crippen LogP contribution in [0.1, 0.15) is 33.4 Å². The van der Waals surface area contributed by atoms with Gasteiger partial charge in [-0.3, -0.25) is 0 Å². The summed E-state index contributed by atoms with van der Waals surface area (Å²) < 4.78 is 24.0. The Bertz CT molecular complexity index is 6940. The second-order valence-electron chi connectivity index (χ2n) is 28.3. The lowest BCUT2D eigenvalue weighted by Gasteiger charge is -2.07. The lowest BCUT2D eigenvalue weighted by atomic mass is 10.1. The molecule has 7 heterocycles. The monoisotopic (exact) mass is 1460 g/mol. The third-order valence-electron chi connectivity index (χ3n) is 20.8. The number of aromatic nitrogens is 3. The Hall–Kier alpha value is -13.0. The predicted molar refractivity (Wildman–Crippen MR) is 477 cm³/mol. The van der Waals surface area contributed by atoms with E-state index in [9.17, 15) is 0 Å². The Morgan fingerprint density at radius 1 is 0.218 bits per heavy atom. The van der Waals surface area contributed by atoms with Crippen LogP contribution in [-0.2, 0) is 7.05 Å². The molecule has 0 radical (unpaired) electrons. The zero-order valence-corrected chi connectivity index (χ0v) is 64.2. The summed E-state index contributed by atoms with van der Waals surface area (Å²) >= 11 is 3.76. The molecular weight excluding hydrogens is 1380 g/mol. The summed E-state index contributed by atoms with van der Waals surface area (Å²) in [7, 11) is 2.12. The van der Waals surface area contributed by atoms with Crippen molar-refractivity contribution in [3.05, 3.63) is 397 Å². The van der Waals surface area contributed by atoms with Gasteiger partial charge in [0.15, 0.2) is 0 Å². The van der Waals surface area contributed by atoms with Crippen LogP contribution in [0.2, 0.25) is 0 Å². The van der Waals surface area contributed by atoms with Crippen molar-refractivity contribution in [2.75, 3.05) is 0 Å². The summed E-state index contributed by atoms with van der Waals surface area (Å²) in [6.45, 7) is 12.8. The fourth-order valence-corrected chi connectivity index (χ4v) is 17.7. The van der Waals surface area contributed by atoms with Gasteiger partial charge in [0.2, 0.25) is 0 Å². The first-order valence-corrected chi connectivity index (χ1v) is 39.1. The molecule has 0 aliphatic carbocycles. The van der Waals surface area contributed by atoms with Crippen molar-refractivity contribution in [2.24, 2.45) is 7.05 Å². The summed E-state index contributed by atoms with van der Waals surface area (Å²) in [6.07, 6.45) is 0. The minimum atomic E-state index is 0.966. The second kappa shape index (κ2) is 30.7. The van der Waals surface area contributed by atoms with E-state index in [0.29, 0.717) is 0 Å². The summed E-state index contributed by atoms with van der Waals surface area (Å²) in [5, 5.41) is 18.3. The van der Waals surface area contributed by atoms with Crippen molar-refractivity contribution >= 4 is 172 Å². The molecule has 0 N–H and O–H groups in total. The number of benzene rings is 16. The average Bonchev–Trinajstić information content (AvgIpc) is 1.61. The summed E-state index contributed by atoms with van der Waals surface area (Å²) in [5.41, 5.74) is 21.8. The van der Waals surface area contributed by atoms with Gasteiger partial charge in [0.05, 0.1) is 22.1 Å². The molecule has 0 fully saturated rings. The van der Waals surface area contributed by atoms with E-state index in [1.807, 2.05) is 65.1 Å². The maximum atomic E-state index is 5.78. The average molecular weight is 1460 g/mol. The normalized spacial score (nSPS) is 11.2. The maximum Gasteiger partial charge on any atom is 0.138 e. The highest BCUT2D eigenvalue weighted by Gasteiger charge is 2.15. The van der Waals surface area contributed by atoms with Crippen molar-refractivity contribution < 1.29 is 8.83 Å². The number of nitrogens with zero attached hydrogens (tertiary/aromatic N) is 3. The molecular formula is C103H81N3O2S2. The van der Waals surface area contributed by atoms with E-state index in [4.69, 9.17) is 8.83 Å². The lowest BCUT2D eigenvalue weighted by molar-refractivity contribution is 0.666. The zero-order chi connectivity index (χ0) is 74.8. The number of para-hydroxylation sites is 9. The third kappa shape index (κ3) is 13.7. The number of rotatable bonds is 2. The van der Waals surface area contributed by atoms with Gasteiger partial charge >= 0.3 is 0 Å². The molecule has 0 aliphatic rings. The molecule has 0 unspecified atom stereocenters. The molecule has 0 saturated heterocycles. The number of aryl methyl sites for hydroxylation is 7. The first kappa shape index (κ1) is 70.0. The molecule has 7 aromatic heterocycles.